The molecule has 2 rings (SSSR count). The molecule has 0 aliphatic rings. The van der Waals surface area contributed by atoms with Crippen molar-refractivity contribution < 1.29 is 14.3 Å². The van der Waals surface area contributed by atoms with Crippen LogP contribution in [0.2, 0.25) is 0 Å². The first-order chi connectivity index (χ1) is 13.4. The van der Waals surface area contributed by atoms with E-state index in [9.17, 15) is 4.79 Å². The van der Waals surface area contributed by atoms with E-state index in [1.165, 1.54) is 0 Å². The lowest BCUT2D eigenvalue weighted by Crippen LogP contribution is -2.21. The number of rotatable bonds is 11. The van der Waals surface area contributed by atoms with E-state index in [-0.39, 0.29) is 12.5 Å². The fourth-order valence-corrected chi connectivity index (χ4v) is 2.34. The second-order valence-corrected chi connectivity index (χ2v) is 7.23. The maximum Gasteiger partial charge on any atom is 0.243 e. The van der Waals surface area contributed by atoms with Crippen LogP contribution in [-0.4, -0.2) is 25.7 Å². The van der Waals surface area contributed by atoms with Crippen LogP contribution >= 0.6 is 0 Å². The molecule has 0 saturated heterocycles. The van der Waals surface area contributed by atoms with Gasteiger partial charge < -0.3 is 20.1 Å². The quantitative estimate of drug-likeness (QED) is 0.530. The molecule has 0 radical (unpaired) electrons. The number of hydrogen-bond acceptors (Lipinski definition) is 4. The van der Waals surface area contributed by atoms with Crippen LogP contribution in [0, 0.1) is 5.92 Å². The first kappa shape index (κ1) is 21.4. The van der Waals surface area contributed by atoms with Crippen LogP contribution in [0.1, 0.15) is 27.2 Å². The fourth-order valence-electron chi connectivity index (χ4n) is 2.34. The van der Waals surface area contributed by atoms with Gasteiger partial charge in [0.25, 0.3) is 0 Å². The van der Waals surface area contributed by atoms with Gasteiger partial charge >= 0.3 is 0 Å². The van der Waals surface area contributed by atoms with E-state index in [0.717, 1.165) is 34.9 Å². The highest BCUT2D eigenvalue weighted by Crippen LogP contribution is 2.18. The van der Waals surface area contributed by atoms with Crippen molar-refractivity contribution in [1.29, 1.82) is 0 Å². The summed E-state index contributed by atoms with van der Waals surface area (Å²) in [5.74, 6) is 2.04. The van der Waals surface area contributed by atoms with E-state index >= 15 is 0 Å². The largest absolute Gasteiger partial charge is 0.494 e. The monoisotopic (exact) mass is 382 g/mol. The van der Waals surface area contributed by atoms with E-state index in [0.29, 0.717) is 19.1 Å². The molecule has 0 atom stereocenters. The van der Waals surface area contributed by atoms with E-state index in [4.69, 9.17) is 9.47 Å². The Morgan fingerprint density at radius 2 is 1.79 bits per heavy atom. The number of benzene rings is 2. The van der Waals surface area contributed by atoms with Crippen LogP contribution in [0.5, 0.6) is 11.5 Å². The molecule has 0 saturated carbocycles. The van der Waals surface area contributed by atoms with Crippen molar-refractivity contribution in [1.82, 2.24) is 0 Å². The molecule has 28 heavy (non-hydrogen) atoms. The van der Waals surface area contributed by atoms with Crippen molar-refractivity contribution >= 4 is 17.3 Å². The molecule has 0 heterocycles. The maximum atomic E-state index is 12.2. The van der Waals surface area contributed by atoms with Crippen molar-refractivity contribution in [3.63, 3.8) is 0 Å². The van der Waals surface area contributed by atoms with Crippen molar-refractivity contribution in [2.45, 2.75) is 27.2 Å². The number of nitrogens with one attached hydrogen (secondary N) is 2. The van der Waals surface area contributed by atoms with Crippen molar-refractivity contribution in [2.75, 3.05) is 30.4 Å². The third-order valence-corrected chi connectivity index (χ3v) is 3.87. The molecule has 0 bridgehead atoms. The summed E-state index contributed by atoms with van der Waals surface area (Å²) in [5, 5.41) is 5.97. The minimum Gasteiger partial charge on any atom is -0.494 e. The second-order valence-electron chi connectivity index (χ2n) is 7.23. The summed E-state index contributed by atoms with van der Waals surface area (Å²) >= 11 is 0. The van der Waals surface area contributed by atoms with Crippen LogP contribution in [0.4, 0.5) is 11.4 Å². The van der Waals surface area contributed by atoms with Crippen molar-refractivity contribution in [3.05, 3.63) is 60.7 Å². The Hall–Kier alpha value is -2.95. The summed E-state index contributed by atoms with van der Waals surface area (Å²) in [6, 6.07) is 14.9. The van der Waals surface area contributed by atoms with Gasteiger partial charge in [0.2, 0.25) is 5.91 Å². The molecular weight excluding hydrogens is 352 g/mol. The molecule has 0 aliphatic carbocycles. The SMILES string of the molecule is C=C(C)COc1cccc(NCC(=O)Nc2ccc(OCCC(C)C)cc2)c1. The van der Waals surface area contributed by atoms with Gasteiger partial charge in [-0.1, -0.05) is 26.5 Å². The van der Waals surface area contributed by atoms with Gasteiger partial charge in [-0.05, 0) is 61.2 Å². The van der Waals surface area contributed by atoms with E-state index < -0.39 is 0 Å². The van der Waals surface area contributed by atoms with Gasteiger partial charge in [-0.3, -0.25) is 4.79 Å². The summed E-state index contributed by atoms with van der Waals surface area (Å²) in [5.41, 5.74) is 2.51. The average molecular weight is 383 g/mol. The van der Waals surface area contributed by atoms with Crippen LogP contribution in [-0.2, 0) is 4.79 Å². The number of anilines is 2. The molecule has 2 aromatic rings. The molecule has 0 aliphatic heterocycles. The molecule has 2 aromatic carbocycles. The van der Waals surface area contributed by atoms with Crippen LogP contribution in [0.3, 0.4) is 0 Å². The minimum absolute atomic E-state index is 0.123. The van der Waals surface area contributed by atoms with E-state index in [1.807, 2.05) is 55.5 Å². The Labute approximate surface area is 167 Å². The topological polar surface area (TPSA) is 59.6 Å². The van der Waals surface area contributed by atoms with Gasteiger partial charge in [0, 0.05) is 17.4 Å². The number of amides is 1. The number of carbonyl (C=O) groups excluding carboxylic acids is 1. The molecular formula is C23H30N2O3. The predicted molar refractivity (Wildman–Crippen MR) is 115 cm³/mol. The number of ether oxygens (including phenoxy) is 2. The Morgan fingerprint density at radius 3 is 2.46 bits per heavy atom. The third-order valence-electron chi connectivity index (χ3n) is 3.87. The zero-order valence-corrected chi connectivity index (χ0v) is 17.0. The standard InChI is InChI=1S/C23H30N2O3/c1-17(2)12-13-27-21-10-8-19(9-11-21)25-23(26)15-24-20-6-5-7-22(14-20)28-16-18(3)4/h5-11,14,17,24H,3,12-13,15-16H2,1-2,4H3,(H,25,26). The molecule has 5 nitrogen and oxygen atoms in total. The third kappa shape index (κ3) is 8.16. The Balaban J connectivity index is 1.77. The summed E-state index contributed by atoms with van der Waals surface area (Å²) in [4.78, 5) is 12.2. The zero-order chi connectivity index (χ0) is 20.4. The first-order valence-electron chi connectivity index (χ1n) is 9.56. The number of carbonyl (C=O) groups is 1. The van der Waals surface area contributed by atoms with Crippen LogP contribution < -0.4 is 20.1 Å². The summed E-state index contributed by atoms with van der Waals surface area (Å²) < 4.78 is 11.3. The molecule has 0 unspecified atom stereocenters. The van der Waals surface area contributed by atoms with Gasteiger partial charge in [-0.2, -0.15) is 0 Å². The molecule has 2 N–H and O–H groups in total. The summed E-state index contributed by atoms with van der Waals surface area (Å²) in [6.45, 7) is 11.4. The Morgan fingerprint density at radius 1 is 1.04 bits per heavy atom. The highest BCUT2D eigenvalue weighted by Gasteiger charge is 2.04. The molecule has 1 amide bonds. The smallest absolute Gasteiger partial charge is 0.243 e. The van der Waals surface area contributed by atoms with Crippen molar-refractivity contribution in [2.24, 2.45) is 5.92 Å². The normalized spacial score (nSPS) is 10.4. The second kappa shape index (κ2) is 11.0. The Bertz CT molecular complexity index is 770. The first-order valence-corrected chi connectivity index (χ1v) is 9.56. The molecule has 0 fully saturated rings. The van der Waals surface area contributed by atoms with Crippen molar-refractivity contribution in [3.8, 4) is 11.5 Å². The summed E-state index contributed by atoms with van der Waals surface area (Å²) in [7, 11) is 0. The maximum absolute atomic E-state index is 12.2. The lowest BCUT2D eigenvalue weighted by Gasteiger charge is -2.11. The average Bonchev–Trinajstić information content (AvgIpc) is 2.66. The lowest BCUT2D eigenvalue weighted by molar-refractivity contribution is -0.114. The van der Waals surface area contributed by atoms with Gasteiger partial charge in [-0.15, -0.1) is 0 Å². The van der Waals surface area contributed by atoms with Gasteiger partial charge in [-0.25, -0.2) is 0 Å². The van der Waals surface area contributed by atoms with Gasteiger partial charge in [0.1, 0.15) is 18.1 Å². The number of hydrogen-bond donors (Lipinski definition) is 2. The van der Waals surface area contributed by atoms with E-state index in [2.05, 4.69) is 31.1 Å². The van der Waals surface area contributed by atoms with Gasteiger partial charge in [0.05, 0.1) is 13.2 Å². The summed E-state index contributed by atoms with van der Waals surface area (Å²) in [6.07, 6.45) is 1.02. The van der Waals surface area contributed by atoms with Crippen LogP contribution in [0.25, 0.3) is 0 Å². The zero-order valence-electron chi connectivity index (χ0n) is 17.0. The van der Waals surface area contributed by atoms with E-state index in [1.54, 1.807) is 0 Å². The Kier molecular flexibility index (Phi) is 8.40. The molecule has 150 valence electrons. The van der Waals surface area contributed by atoms with Gasteiger partial charge in [0.15, 0.2) is 0 Å². The highest BCUT2D eigenvalue weighted by molar-refractivity contribution is 5.93. The lowest BCUT2D eigenvalue weighted by atomic mass is 10.1. The molecule has 0 spiro atoms. The highest BCUT2D eigenvalue weighted by atomic mass is 16.5. The predicted octanol–water partition coefficient (Wildman–Crippen LogP) is 5.12. The molecule has 5 heteroatoms. The fraction of sp³-hybridized carbons (Fsp3) is 0.348. The minimum atomic E-state index is -0.123. The van der Waals surface area contributed by atoms with Crippen LogP contribution in [0.15, 0.2) is 60.7 Å². The molecule has 0 aromatic heterocycles.